The largest absolute Gasteiger partial charge is 0.462 e. The lowest BCUT2D eigenvalue weighted by atomic mass is 10.0. The van der Waals surface area contributed by atoms with Gasteiger partial charge in [0.25, 0.3) is 0 Å². The molecule has 78 heavy (non-hydrogen) atoms. The summed E-state index contributed by atoms with van der Waals surface area (Å²) in [6.45, 7) is 3.91. The summed E-state index contributed by atoms with van der Waals surface area (Å²) < 4.78 is 10.7. The third-order valence-electron chi connectivity index (χ3n) is 13.3. The lowest BCUT2D eigenvalue weighted by Crippen LogP contribution is -2.28. The number of carbonyl (C=O) groups is 2. The van der Waals surface area contributed by atoms with Crippen LogP contribution in [0.1, 0.15) is 271 Å². The molecule has 1 atom stereocenters. The van der Waals surface area contributed by atoms with Gasteiger partial charge in [-0.1, -0.05) is 294 Å². The van der Waals surface area contributed by atoms with E-state index in [-0.39, 0.29) is 25.2 Å². The molecule has 0 rings (SSSR count). The Morgan fingerprint density at radius 2 is 0.513 bits per heavy atom. The quantitative estimate of drug-likeness (QED) is 0.0373. The zero-order chi connectivity index (χ0) is 56.2. The molecule has 440 valence electrons. The van der Waals surface area contributed by atoms with E-state index in [9.17, 15) is 14.7 Å². The highest BCUT2D eigenvalue weighted by molar-refractivity contribution is 5.70. The Hall–Kier alpha value is -4.48. The maximum atomic E-state index is 12.4. The third-order valence-corrected chi connectivity index (χ3v) is 13.3. The van der Waals surface area contributed by atoms with Gasteiger partial charge in [-0.2, -0.15) is 0 Å². The van der Waals surface area contributed by atoms with Crippen LogP contribution in [0, 0.1) is 0 Å². The molecule has 1 unspecified atom stereocenters. The van der Waals surface area contributed by atoms with Crippen molar-refractivity contribution in [2.75, 3.05) is 13.2 Å². The van der Waals surface area contributed by atoms with E-state index < -0.39 is 6.10 Å². The van der Waals surface area contributed by atoms with Crippen LogP contribution in [0.25, 0.3) is 0 Å². The highest BCUT2D eigenvalue weighted by Gasteiger charge is 2.16. The van der Waals surface area contributed by atoms with Gasteiger partial charge in [-0.25, -0.2) is 0 Å². The molecule has 0 heterocycles. The van der Waals surface area contributed by atoms with Crippen molar-refractivity contribution in [1.29, 1.82) is 0 Å². The van der Waals surface area contributed by atoms with E-state index in [0.717, 1.165) is 122 Å². The van der Waals surface area contributed by atoms with E-state index in [1.54, 1.807) is 0 Å². The topological polar surface area (TPSA) is 72.8 Å². The molecule has 0 aliphatic heterocycles. The molecule has 5 nitrogen and oxygen atoms in total. The summed E-state index contributed by atoms with van der Waals surface area (Å²) in [6, 6.07) is 0. The van der Waals surface area contributed by atoms with Crippen molar-refractivity contribution in [3.63, 3.8) is 0 Å². The van der Waals surface area contributed by atoms with Crippen molar-refractivity contribution in [3.05, 3.63) is 158 Å². The molecule has 0 saturated heterocycles. The maximum absolute atomic E-state index is 12.4. The van der Waals surface area contributed by atoms with Crippen LogP contribution >= 0.6 is 0 Å². The zero-order valence-electron chi connectivity index (χ0n) is 50.4. The molecule has 0 aromatic carbocycles. The molecular formula is C73H118O5. The third kappa shape index (κ3) is 64.0. The van der Waals surface area contributed by atoms with Crippen LogP contribution in [-0.2, 0) is 19.1 Å². The fourth-order valence-corrected chi connectivity index (χ4v) is 8.60. The van der Waals surface area contributed by atoms with Crippen molar-refractivity contribution >= 4 is 11.9 Å². The standard InChI is InChI=1S/C73H118O5/c1-3-5-7-9-11-13-15-17-19-21-23-25-27-29-31-32-33-34-35-36-37-38-39-40-42-44-46-48-50-52-54-56-58-60-62-64-66-68-73(76)78-71(69-74)70-77-72(75)67-65-63-61-59-57-55-53-51-49-47-45-43-41-30-28-26-24-22-20-18-16-14-12-10-8-6-4-2/h5-8,11-14,17-20,23-26,29-31,33-34,36-37,39-41,71,74H,3-4,9-10,15-16,21-22,27-28,32,35,38,42-70H2,1-2H3/b7-5-,8-6-,13-11-,14-12-,19-17-,20-18-,25-23-,26-24-,31-29-,34-33-,37-36-,40-39-,41-30-. The zero-order valence-corrected chi connectivity index (χ0v) is 50.4. The monoisotopic (exact) mass is 1070 g/mol. The average molecular weight is 1080 g/mol. The van der Waals surface area contributed by atoms with Crippen LogP contribution in [0.2, 0.25) is 0 Å². The number of aliphatic hydroxyl groups excluding tert-OH is 1. The first-order valence-corrected chi connectivity index (χ1v) is 32.0. The van der Waals surface area contributed by atoms with Crippen molar-refractivity contribution in [3.8, 4) is 0 Å². The summed E-state index contributed by atoms with van der Waals surface area (Å²) in [5, 5.41) is 9.69. The van der Waals surface area contributed by atoms with Crippen LogP contribution in [0.3, 0.4) is 0 Å². The van der Waals surface area contributed by atoms with Crippen molar-refractivity contribution in [2.45, 2.75) is 277 Å². The Morgan fingerprint density at radius 1 is 0.295 bits per heavy atom. The van der Waals surface area contributed by atoms with E-state index in [2.05, 4.69) is 172 Å². The number of ether oxygens (including phenoxy) is 2. The summed E-state index contributed by atoms with van der Waals surface area (Å²) in [5.41, 5.74) is 0. The van der Waals surface area contributed by atoms with E-state index in [1.807, 2.05) is 0 Å². The normalized spacial score (nSPS) is 13.3. The summed E-state index contributed by atoms with van der Waals surface area (Å²) in [4.78, 5) is 24.6. The highest BCUT2D eigenvalue weighted by atomic mass is 16.6. The predicted molar refractivity (Wildman–Crippen MR) is 343 cm³/mol. The van der Waals surface area contributed by atoms with Crippen LogP contribution in [0.4, 0.5) is 0 Å². The van der Waals surface area contributed by atoms with Gasteiger partial charge in [-0.3, -0.25) is 9.59 Å². The van der Waals surface area contributed by atoms with Gasteiger partial charge in [0.1, 0.15) is 6.61 Å². The van der Waals surface area contributed by atoms with Gasteiger partial charge in [-0.05, 0) is 122 Å². The van der Waals surface area contributed by atoms with Gasteiger partial charge < -0.3 is 14.6 Å². The summed E-state index contributed by atoms with van der Waals surface area (Å²) >= 11 is 0. The molecular weight excluding hydrogens is 957 g/mol. The predicted octanol–water partition coefficient (Wildman–Crippen LogP) is 22.3. The summed E-state index contributed by atoms with van der Waals surface area (Å²) in [6.07, 6.45) is 102. The van der Waals surface area contributed by atoms with Crippen LogP contribution in [0.15, 0.2) is 158 Å². The minimum Gasteiger partial charge on any atom is -0.462 e. The van der Waals surface area contributed by atoms with Gasteiger partial charge in [-0.15, -0.1) is 0 Å². The van der Waals surface area contributed by atoms with Crippen LogP contribution < -0.4 is 0 Å². The van der Waals surface area contributed by atoms with E-state index in [0.29, 0.717) is 12.8 Å². The van der Waals surface area contributed by atoms with Crippen molar-refractivity contribution in [1.82, 2.24) is 0 Å². The second kappa shape index (κ2) is 66.8. The first-order chi connectivity index (χ1) is 38.6. The van der Waals surface area contributed by atoms with E-state index >= 15 is 0 Å². The number of unbranched alkanes of at least 4 members (excludes halogenated alkanes) is 23. The number of esters is 2. The molecule has 5 heteroatoms. The highest BCUT2D eigenvalue weighted by Crippen LogP contribution is 2.16. The number of aliphatic hydroxyl groups is 1. The molecule has 0 fully saturated rings. The number of hydrogen-bond donors (Lipinski definition) is 1. The van der Waals surface area contributed by atoms with Gasteiger partial charge in [0.05, 0.1) is 6.61 Å². The van der Waals surface area contributed by atoms with Crippen LogP contribution in [0.5, 0.6) is 0 Å². The molecule has 0 aliphatic carbocycles. The first kappa shape index (κ1) is 73.5. The van der Waals surface area contributed by atoms with Crippen LogP contribution in [-0.4, -0.2) is 36.4 Å². The van der Waals surface area contributed by atoms with Gasteiger partial charge in [0, 0.05) is 12.8 Å². The Balaban J connectivity index is 3.55. The van der Waals surface area contributed by atoms with E-state index in [4.69, 9.17) is 9.47 Å². The molecule has 0 aromatic rings. The number of carbonyl (C=O) groups excluding carboxylic acids is 2. The fraction of sp³-hybridized carbons (Fsp3) is 0.616. The minimum atomic E-state index is -0.786. The minimum absolute atomic E-state index is 0.0759. The first-order valence-electron chi connectivity index (χ1n) is 32.0. The number of hydrogen-bond acceptors (Lipinski definition) is 5. The molecule has 0 aliphatic rings. The Labute approximate surface area is 481 Å². The Bertz CT molecular complexity index is 1690. The smallest absolute Gasteiger partial charge is 0.306 e. The molecule has 1 N–H and O–H groups in total. The molecule has 0 radical (unpaired) electrons. The molecule has 0 amide bonds. The van der Waals surface area contributed by atoms with Gasteiger partial charge >= 0.3 is 11.9 Å². The van der Waals surface area contributed by atoms with Crippen molar-refractivity contribution in [2.24, 2.45) is 0 Å². The SMILES string of the molecule is CC/C=C\C/C=C\C/C=C\C/C=C\C/C=C\C/C=C\C/C=C\C/C=C\CCCCCCCCCCCCCCC(=O)OC(CO)COC(=O)CCCCCCCCCCCCC/C=C\C/C=C\C/C=C\C/C=C\C/C=C\CC. The second-order valence-electron chi connectivity index (χ2n) is 20.7. The number of rotatable bonds is 57. The lowest BCUT2D eigenvalue weighted by molar-refractivity contribution is -0.161. The van der Waals surface area contributed by atoms with Gasteiger partial charge in [0.15, 0.2) is 6.10 Å². The van der Waals surface area contributed by atoms with Gasteiger partial charge in [0.2, 0.25) is 0 Å². The molecule has 0 saturated carbocycles. The van der Waals surface area contributed by atoms with Crippen molar-refractivity contribution < 1.29 is 24.2 Å². The second-order valence-corrected chi connectivity index (χ2v) is 20.7. The molecule has 0 aromatic heterocycles. The molecule has 0 spiro atoms. The Kier molecular flexibility index (Phi) is 63.0. The van der Waals surface area contributed by atoms with E-state index in [1.165, 1.54) is 122 Å². The number of allylic oxidation sites excluding steroid dienone is 26. The Morgan fingerprint density at radius 3 is 0.769 bits per heavy atom. The summed E-state index contributed by atoms with van der Waals surface area (Å²) in [5.74, 6) is -0.600. The lowest BCUT2D eigenvalue weighted by Gasteiger charge is -2.15. The maximum Gasteiger partial charge on any atom is 0.306 e. The fourth-order valence-electron chi connectivity index (χ4n) is 8.60. The molecule has 0 bridgehead atoms. The average Bonchev–Trinajstić information content (AvgIpc) is 3.44. The summed E-state index contributed by atoms with van der Waals surface area (Å²) in [7, 11) is 0.